The van der Waals surface area contributed by atoms with Gasteiger partial charge in [-0.2, -0.15) is 0 Å². The van der Waals surface area contributed by atoms with E-state index in [1.165, 1.54) is 0 Å². The van der Waals surface area contributed by atoms with Gasteiger partial charge in [-0.3, -0.25) is 4.90 Å². The summed E-state index contributed by atoms with van der Waals surface area (Å²) in [7, 11) is 1.66. The van der Waals surface area contributed by atoms with Crippen LogP contribution in [-0.2, 0) is 4.74 Å². The molecule has 5 rings (SSSR count). The number of anilines is 2. The lowest BCUT2D eigenvalue weighted by molar-refractivity contribution is 0.140. The molecule has 1 aliphatic heterocycles. The van der Waals surface area contributed by atoms with Crippen LogP contribution in [0.1, 0.15) is 24.9 Å². The lowest BCUT2D eigenvalue weighted by Crippen LogP contribution is -2.37. The zero-order chi connectivity index (χ0) is 22.8. The Morgan fingerprint density at radius 1 is 1.12 bits per heavy atom. The molecule has 1 N–H and O–H groups in total. The molecule has 0 radical (unpaired) electrons. The Hall–Kier alpha value is -3.65. The lowest BCUT2D eigenvalue weighted by atomic mass is 10.0. The predicted molar refractivity (Wildman–Crippen MR) is 131 cm³/mol. The number of ether oxygens (including phenoxy) is 2. The van der Waals surface area contributed by atoms with Gasteiger partial charge in [0.1, 0.15) is 22.7 Å². The molecule has 1 fully saturated rings. The fraction of sp³-hybridized carbons (Fsp3) is 0.240. The number of aromatic nitrogens is 2. The summed E-state index contributed by atoms with van der Waals surface area (Å²) < 4.78 is 10.4. The van der Waals surface area contributed by atoms with Crippen LogP contribution in [0.2, 0.25) is 0 Å². The summed E-state index contributed by atoms with van der Waals surface area (Å²) >= 11 is 1.60. The van der Waals surface area contributed by atoms with E-state index in [0.29, 0.717) is 13.2 Å². The zero-order valence-electron chi connectivity index (χ0n) is 18.4. The number of fused-ring (bicyclic) bond motifs is 1. The number of nitrogens with one attached hydrogen (secondary N) is 1. The summed E-state index contributed by atoms with van der Waals surface area (Å²) in [5.41, 5.74) is 4.12. The topological polar surface area (TPSA) is 76.6 Å². The third kappa shape index (κ3) is 4.21. The first-order valence-electron chi connectivity index (χ1n) is 10.8. The summed E-state index contributed by atoms with van der Waals surface area (Å²) in [6.07, 6.45) is 2.15. The van der Waals surface area contributed by atoms with E-state index < -0.39 is 0 Å². The molecule has 2 aromatic carbocycles. The highest BCUT2D eigenvalue weighted by atomic mass is 32.1. The fourth-order valence-corrected chi connectivity index (χ4v) is 4.90. The average molecular weight is 461 g/mol. The van der Waals surface area contributed by atoms with E-state index in [-0.39, 0.29) is 12.1 Å². The molecular weight excluding hydrogens is 436 g/mol. The number of hydrogen-bond acceptors (Lipinski definition) is 7. The van der Waals surface area contributed by atoms with Crippen molar-refractivity contribution in [3.8, 4) is 16.9 Å². The number of amides is 1. The van der Waals surface area contributed by atoms with Crippen LogP contribution < -0.4 is 15.0 Å². The standard InChI is InChI=1S/C25H24N4O3S/c1-16(17-4-8-19(9-5-17)29-12-3-13-32-25(29)30)28-23-22-21(14-33-24(22)27-15-26-23)18-6-10-20(31-2)11-7-18/h4-11,14-16H,3,12-13H2,1-2H3,(H,26,27,28). The molecule has 3 heterocycles. The second kappa shape index (κ2) is 9.07. The molecule has 0 aliphatic carbocycles. The van der Waals surface area contributed by atoms with Crippen LogP contribution in [0.4, 0.5) is 16.3 Å². The molecule has 1 aliphatic rings. The Bertz CT molecular complexity index is 1270. The van der Waals surface area contributed by atoms with Crippen molar-refractivity contribution in [1.29, 1.82) is 0 Å². The lowest BCUT2D eigenvalue weighted by Gasteiger charge is -2.26. The normalized spacial score (nSPS) is 14.7. The van der Waals surface area contributed by atoms with Crippen molar-refractivity contribution < 1.29 is 14.3 Å². The zero-order valence-corrected chi connectivity index (χ0v) is 19.3. The Kier molecular flexibility index (Phi) is 5.83. The second-order valence-electron chi connectivity index (χ2n) is 7.86. The van der Waals surface area contributed by atoms with Crippen LogP contribution in [0.3, 0.4) is 0 Å². The van der Waals surface area contributed by atoms with Gasteiger partial charge in [0, 0.05) is 29.2 Å². The maximum atomic E-state index is 12.0. The average Bonchev–Trinajstić information content (AvgIpc) is 3.30. The third-order valence-corrected chi connectivity index (χ3v) is 6.69. The number of methoxy groups -OCH3 is 1. The Morgan fingerprint density at radius 3 is 2.64 bits per heavy atom. The molecule has 0 spiro atoms. The van der Waals surface area contributed by atoms with E-state index in [2.05, 4.69) is 27.6 Å². The van der Waals surface area contributed by atoms with Gasteiger partial charge >= 0.3 is 6.09 Å². The van der Waals surface area contributed by atoms with E-state index >= 15 is 0 Å². The van der Waals surface area contributed by atoms with Gasteiger partial charge in [0.15, 0.2) is 0 Å². The molecule has 1 amide bonds. The maximum absolute atomic E-state index is 12.0. The Balaban J connectivity index is 1.40. The maximum Gasteiger partial charge on any atom is 0.414 e. The number of nitrogens with zero attached hydrogens (tertiary/aromatic N) is 3. The number of thiophene rings is 1. The van der Waals surface area contributed by atoms with Crippen LogP contribution in [0.25, 0.3) is 21.3 Å². The molecule has 1 saturated heterocycles. The fourth-order valence-electron chi connectivity index (χ4n) is 3.98. The largest absolute Gasteiger partial charge is 0.497 e. The number of rotatable bonds is 6. The minimum Gasteiger partial charge on any atom is -0.497 e. The molecule has 168 valence electrons. The summed E-state index contributed by atoms with van der Waals surface area (Å²) in [4.78, 5) is 23.6. The highest BCUT2D eigenvalue weighted by Crippen LogP contribution is 2.38. The van der Waals surface area contributed by atoms with Gasteiger partial charge in [-0.05, 0) is 48.7 Å². The molecule has 1 unspecified atom stereocenters. The van der Waals surface area contributed by atoms with Crippen molar-refractivity contribution in [3.63, 3.8) is 0 Å². The highest BCUT2D eigenvalue weighted by molar-refractivity contribution is 7.17. The van der Waals surface area contributed by atoms with E-state index in [9.17, 15) is 4.79 Å². The van der Waals surface area contributed by atoms with Gasteiger partial charge in [0.25, 0.3) is 0 Å². The molecule has 7 nitrogen and oxygen atoms in total. The van der Waals surface area contributed by atoms with Gasteiger partial charge in [0.05, 0.1) is 19.1 Å². The van der Waals surface area contributed by atoms with Gasteiger partial charge in [-0.25, -0.2) is 14.8 Å². The predicted octanol–water partition coefficient (Wildman–Crippen LogP) is 5.89. The minimum atomic E-state index is -0.285. The van der Waals surface area contributed by atoms with Crippen LogP contribution in [0.15, 0.2) is 60.2 Å². The van der Waals surface area contributed by atoms with Gasteiger partial charge in [-0.1, -0.05) is 24.3 Å². The first-order chi connectivity index (χ1) is 16.1. The minimum absolute atomic E-state index is 0.00840. The molecule has 4 aromatic rings. The van der Waals surface area contributed by atoms with Crippen LogP contribution in [-0.4, -0.2) is 36.3 Å². The molecule has 0 saturated carbocycles. The van der Waals surface area contributed by atoms with Crippen LogP contribution in [0, 0.1) is 0 Å². The summed E-state index contributed by atoms with van der Waals surface area (Å²) in [5.74, 6) is 1.62. The van der Waals surface area contributed by atoms with Gasteiger partial charge in [0.2, 0.25) is 0 Å². The quantitative estimate of drug-likeness (QED) is 0.387. The number of hydrogen-bond donors (Lipinski definition) is 1. The summed E-state index contributed by atoms with van der Waals surface area (Å²) in [5, 5.41) is 6.67. The van der Waals surface area contributed by atoms with Crippen molar-refractivity contribution in [1.82, 2.24) is 9.97 Å². The Labute approximate surface area is 196 Å². The summed E-state index contributed by atoms with van der Waals surface area (Å²) in [6.45, 7) is 3.26. The SMILES string of the molecule is COc1ccc(-c2csc3ncnc(NC(C)c4ccc(N5CCCOC5=O)cc4)c23)cc1. The molecular formula is C25H24N4O3S. The smallest absolute Gasteiger partial charge is 0.414 e. The number of cyclic esters (lactones) is 1. The van der Waals surface area contributed by atoms with E-state index in [0.717, 1.165) is 50.6 Å². The van der Waals surface area contributed by atoms with Gasteiger partial charge in [-0.15, -0.1) is 11.3 Å². The van der Waals surface area contributed by atoms with Crippen molar-refractivity contribution in [3.05, 3.63) is 65.8 Å². The number of carbonyl (C=O) groups excluding carboxylic acids is 1. The molecule has 2 aromatic heterocycles. The highest BCUT2D eigenvalue weighted by Gasteiger charge is 2.21. The second-order valence-corrected chi connectivity index (χ2v) is 8.72. The van der Waals surface area contributed by atoms with Crippen LogP contribution >= 0.6 is 11.3 Å². The van der Waals surface area contributed by atoms with Crippen molar-refractivity contribution >= 4 is 39.2 Å². The van der Waals surface area contributed by atoms with E-state index in [1.807, 2.05) is 48.5 Å². The number of carbonyl (C=O) groups is 1. The Morgan fingerprint density at radius 2 is 1.91 bits per heavy atom. The molecule has 33 heavy (non-hydrogen) atoms. The van der Waals surface area contributed by atoms with Crippen molar-refractivity contribution in [2.75, 3.05) is 30.5 Å². The third-order valence-electron chi connectivity index (χ3n) is 5.80. The molecule has 8 heteroatoms. The molecule has 1 atom stereocenters. The van der Waals surface area contributed by atoms with Crippen molar-refractivity contribution in [2.45, 2.75) is 19.4 Å². The van der Waals surface area contributed by atoms with Crippen LogP contribution in [0.5, 0.6) is 5.75 Å². The first-order valence-corrected chi connectivity index (χ1v) is 11.7. The summed E-state index contributed by atoms with van der Waals surface area (Å²) in [6, 6.07) is 16.0. The monoisotopic (exact) mass is 460 g/mol. The van der Waals surface area contributed by atoms with E-state index in [4.69, 9.17) is 9.47 Å². The first kappa shape index (κ1) is 21.2. The van der Waals surface area contributed by atoms with Gasteiger partial charge < -0.3 is 14.8 Å². The van der Waals surface area contributed by atoms with Crippen molar-refractivity contribution in [2.24, 2.45) is 0 Å². The number of benzene rings is 2. The van der Waals surface area contributed by atoms with E-state index in [1.54, 1.807) is 29.7 Å². The molecule has 0 bridgehead atoms.